The molecule has 0 bridgehead atoms. The smallest absolute Gasteiger partial charge is 0.123 e. The summed E-state index contributed by atoms with van der Waals surface area (Å²) in [6, 6.07) is 4.31. The van der Waals surface area contributed by atoms with Crippen molar-refractivity contribution < 1.29 is 14.2 Å². The highest BCUT2D eigenvalue weighted by atomic mass is 19.1. The van der Waals surface area contributed by atoms with Crippen LogP contribution in [0, 0.1) is 12.7 Å². The highest BCUT2D eigenvalue weighted by molar-refractivity contribution is 5.28. The van der Waals surface area contributed by atoms with E-state index < -0.39 is 6.10 Å². The topological polar surface area (TPSA) is 29.5 Å². The van der Waals surface area contributed by atoms with Crippen molar-refractivity contribution in [1.29, 1.82) is 0 Å². The summed E-state index contributed by atoms with van der Waals surface area (Å²) < 4.78 is 17.5. The van der Waals surface area contributed by atoms with Crippen LogP contribution >= 0.6 is 0 Å². The fourth-order valence-corrected chi connectivity index (χ4v) is 1.26. The predicted octanol–water partition coefficient (Wildman–Crippen LogP) is 1.81. The van der Waals surface area contributed by atoms with E-state index in [-0.39, 0.29) is 12.4 Å². The lowest BCUT2D eigenvalue weighted by molar-refractivity contribution is 0.0640. The van der Waals surface area contributed by atoms with Crippen LogP contribution in [-0.2, 0) is 4.74 Å². The summed E-state index contributed by atoms with van der Waals surface area (Å²) in [7, 11) is 1.52. The molecule has 0 aliphatic heterocycles. The molecule has 1 atom stereocenters. The van der Waals surface area contributed by atoms with E-state index in [4.69, 9.17) is 4.74 Å². The van der Waals surface area contributed by atoms with E-state index in [1.54, 1.807) is 13.0 Å². The second-order valence-electron chi connectivity index (χ2n) is 2.97. The molecule has 0 saturated heterocycles. The highest BCUT2D eigenvalue weighted by Crippen LogP contribution is 2.18. The number of ether oxygens (including phenoxy) is 1. The van der Waals surface area contributed by atoms with Crippen molar-refractivity contribution in [3.05, 3.63) is 35.1 Å². The number of aryl methyl sites for hydroxylation is 1. The van der Waals surface area contributed by atoms with Gasteiger partial charge in [-0.25, -0.2) is 4.39 Å². The Morgan fingerprint density at radius 1 is 1.54 bits per heavy atom. The fourth-order valence-electron chi connectivity index (χ4n) is 1.26. The average Bonchev–Trinajstić information content (AvgIpc) is 2.04. The molecular weight excluding hydrogens is 171 g/mol. The summed E-state index contributed by atoms with van der Waals surface area (Å²) in [6.07, 6.45) is -0.675. The van der Waals surface area contributed by atoms with Gasteiger partial charge < -0.3 is 9.84 Å². The molecule has 1 aromatic carbocycles. The van der Waals surface area contributed by atoms with Crippen molar-refractivity contribution >= 4 is 0 Å². The molecule has 0 amide bonds. The quantitative estimate of drug-likeness (QED) is 0.776. The second kappa shape index (κ2) is 4.35. The number of aliphatic hydroxyl groups is 1. The maximum atomic E-state index is 12.7. The molecule has 0 aliphatic carbocycles. The van der Waals surface area contributed by atoms with Gasteiger partial charge in [0.25, 0.3) is 0 Å². The third kappa shape index (κ3) is 2.50. The lowest BCUT2D eigenvalue weighted by Crippen LogP contribution is -2.06. The van der Waals surface area contributed by atoms with Crippen LogP contribution in [-0.4, -0.2) is 18.8 Å². The second-order valence-corrected chi connectivity index (χ2v) is 2.97. The van der Waals surface area contributed by atoms with Crippen molar-refractivity contribution in [2.45, 2.75) is 13.0 Å². The van der Waals surface area contributed by atoms with Crippen molar-refractivity contribution in [2.75, 3.05) is 13.7 Å². The minimum atomic E-state index is -0.675. The molecule has 1 N–H and O–H groups in total. The van der Waals surface area contributed by atoms with Gasteiger partial charge in [-0.3, -0.25) is 0 Å². The number of rotatable bonds is 3. The van der Waals surface area contributed by atoms with Gasteiger partial charge in [0.05, 0.1) is 6.61 Å². The molecule has 72 valence electrons. The van der Waals surface area contributed by atoms with Crippen molar-refractivity contribution in [2.24, 2.45) is 0 Å². The maximum Gasteiger partial charge on any atom is 0.123 e. The Morgan fingerprint density at radius 2 is 2.23 bits per heavy atom. The molecule has 3 heteroatoms. The van der Waals surface area contributed by atoms with Crippen molar-refractivity contribution in [3.63, 3.8) is 0 Å². The fraction of sp³-hybridized carbons (Fsp3) is 0.400. The van der Waals surface area contributed by atoms with Crippen molar-refractivity contribution in [3.8, 4) is 0 Å². The molecular formula is C10H13FO2. The van der Waals surface area contributed by atoms with Crippen LogP contribution in [0.2, 0.25) is 0 Å². The number of benzene rings is 1. The van der Waals surface area contributed by atoms with Crippen LogP contribution in [0.15, 0.2) is 18.2 Å². The largest absolute Gasteiger partial charge is 0.386 e. The third-order valence-electron chi connectivity index (χ3n) is 1.92. The average molecular weight is 184 g/mol. The highest BCUT2D eigenvalue weighted by Gasteiger charge is 2.09. The van der Waals surface area contributed by atoms with Gasteiger partial charge in [-0.15, -0.1) is 0 Å². The molecule has 2 nitrogen and oxygen atoms in total. The molecule has 1 aromatic rings. The third-order valence-corrected chi connectivity index (χ3v) is 1.92. The van der Waals surface area contributed by atoms with Crippen LogP contribution < -0.4 is 0 Å². The first-order chi connectivity index (χ1) is 6.15. The summed E-state index contributed by atoms with van der Waals surface area (Å²) in [4.78, 5) is 0. The number of halogens is 1. The Labute approximate surface area is 77.0 Å². The minimum Gasteiger partial charge on any atom is -0.386 e. The summed E-state index contributed by atoms with van der Waals surface area (Å²) in [5.41, 5.74) is 1.45. The lowest BCUT2D eigenvalue weighted by Gasteiger charge is -2.12. The zero-order valence-electron chi connectivity index (χ0n) is 7.75. The van der Waals surface area contributed by atoms with Crippen LogP contribution in [0.1, 0.15) is 17.2 Å². The monoisotopic (exact) mass is 184 g/mol. The Bertz CT molecular complexity index is 286. The molecule has 1 unspecified atom stereocenters. The van der Waals surface area contributed by atoms with Crippen LogP contribution in [0.4, 0.5) is 4.39 Å². The summed E-state index contributed by atoms with van der Waals surface area (Å²) in [5, 5.41) is 9.54. The zero-order chi connectivity index (χ0) is 9.84. The first-order valence-corrected chi connectivity index (χ1v) is 4.08. The van der Waals surface area contributed by atoms with E-state index in [0.717, 1.165) is 5.56 Å². The van der Waals surface area contributed by atoms with E-state index in [2.05, 4.69) is 0 Å². The van der Waals surface area contributed by atoms with Crippen LogP contribution in [0.25, 0.3) is 0 Å². The SMILES string of the molecule is COCC(O)c1ccc(F)cc1C. The Balaban J connectivity index is 2.88. The normalized spacial score (nSPS) is 12.9. The van der Waals surface area contributed by atoms with E-state index >= 15 is 0 Å². The first-order valence-electron chi connectivity index (χ1n) is 4.08. The number of hydrogen-bond acceptors (Lipinski definition) is 2. The molecule has 0 radical (unpaired) electrons. The van der Waals surface area contributed by atoms with Gasteiger partial charge in [0, 0.05) is 7.11 Å². The predicted molar refractivity (Wildman–Crippen MR) is 48.0 cm³/mol. The van der Waals surface area contributed by atoms with E-state index in [1.165, 1.54) is 19.2 Å². The summed E-state index contributed by atoms with van der Waals surface area (Å²) in [5.74, 6) is -0.286. The first kappa shape index (κ1) is 10.2. The summed E-state index contributed by atoms with van der Waals surface area (Å²) in [6.45, 7) is 1.99. The maximum absolute atomic E-state index is 12.7. The molecule has 1 rings (SSSR count). The van der Waals surface area contributed by atoms with E-state index in [0.29, 0.717) is 5.56 Å². The minimum absolute atomic E-state index is 0.229. The molecule has 13 heavy (non-hydrogen) atoms. The molecule has 0 spiro atoms. The van der Waals surface area contributed by atoms with Gasteiger partial charge in [-0.05, 0) is 30.2 Å². The van der Waals surface area contributed by atoms with Crippen LogP contribution in [0.5, 0.6) is 0 Å². The molecule has 0 aromatic heterocycles. The molecule has 0 fully saturated rings. The zero-order valence-corrected chi connectivity index (χ0v) is 7.75. The molecule has 0 heterocycles. The van der Waals surface area contributed by atoms with Crippen molar-refractivity contribution in [1.82, 2.24) is 0 Å². The number of hydrogen-bond donors (Lipinski definition) is 1. The van der Waals surface area contributed by atoms with Gasteiger partial charge in [-0.1, -0.05) is 6.07 Å². The standard InChI is InChI=1S/C10H13FO2/c1-7-5-8(11)3-4-9(7)10(12)6-13-2/h3-5,10,12H,6H2,1-2H3. The van der Waals surface area contributed by atoms with Gasteiger partial charge in [-0.2, -0.15) is 0 Å². The lowest BCUT2D eigenvalue weighted by atomic mass is 10.0. The Morgan fingerprint density at radius 3 is 2.77 bits per heavy atom. The molecule has 0 aliphatic rings. The molecule has 0 saturated carbocycles. The Kier molecular flexibility index (Phi) is 3.39. The Hall–Kier alpha value is -0.930. The van der Waals surface area contributed by atoms with Gasteiger partial charge in [0.1, 0.15) is 11.9 Å². The number of methoxy groups -OCH3 is 1. The van der Waals surface area contributed by atoms with Gasteiger partial charge in [0.2, 0.25) is 0 Å². The summed E-state index contributed by atoms with van der Waals surface area (Å²) >= 11 is 0. The number of aliphatic hydroxyl groups excluding tert-OH is 1. The van der Waals surface area contributed by atoms with E-state index in [1.807, 2.05) is 0 Å². The van der Waals surface area contributed by atoms with E-state index in [9.17, 15) is 9.50 Å². The van der Waals surface area contributed by atoms with Gasteiger partial charge in [0.15, 0.2) is 0 Å². The van der Waals surface area contributed by atoms with Crippen LogP contribution in [0.3, 0.4) is 0 Å². The van der Waals surface area contributed by atoms with Gasteiger partial charge >= 0.3 is 0 Å².